The van der Waals surface area contributed by atoms with Crippen molar-refractivity contribution in [2.75, 3.05) is 0 Å². The average Bonchev–Trinajstić information content (AvgIpc) is 2.12. The molecule has 0 fully saturated rings. The molecule has 0 aromatic carbocycles. The van der Waals surface area contributed by atoms with Crippen molar-refractivity contribution >= 4 is 12.0 Å². The first-order valence-electron chi connectivity index (χ1n) is 4.46. The van der Waals surface area contributed by atoms with Gasteiger partial charge in [-0.05, 0) is 19.8 Å². The molecule has 2 heteroatoms. The highest BCUT2D eigenvalue weighted by Crippen LogP contribution is 2.03. The van der Waals surface area contributed by atoms with Crippen molar-refractivity contribution < 1.29 is 4.79 Å². The number of aliphatic imine (C=N–C) groups is 1. The highest BCUT2D eigenvalue weighted by molar-refractivity contribution is 6.28. The number of hydrogen-bond donors (Lipinski definition) is 0. The van der Waals surface area contributed by atoms with Crippen LogP contribution in [0.3, 0.4) is 0 Å². The lowest BCUT2D eigenvalue weighted by Gasteiger charge is -1.98. The van der Waals surface area contributed by atoms with Crippen molar-refractivity contribution in [3.63, 3.8) is 0 Å². The van der Waals surface area contributed by atoms with Crippen molar-refractivity contribution in [3.05, 3.63) is 11.8 Å². The molecule has 0 saturated carbocycles. The van der Waals surface area contributed by atoms with E-state index in [-0.39, 0.29) is 0 Å². The predicted molar refractivity (Wildman–Crippen MR) is 52.5 cm³/mol. The van der Waals surface area contributed by atoms with E-state index in [0.29, 0.717) is 5.71 Å². The maximum atomic E-state index is 10.5. The van der Waals surface area contributed by atoms with Crippen molar-refractivity contribution in [1.82, 2.24) is 0 Å². The van der Waals surface area contributed by atoms with E-state index < -0.39 is 0 Å². The van der Waals surface area contributed by atoms with E-state index in [1.165, 1.54) is 0 Å². The molecule has 68 valence electrons. The summed E-state index contributed by atoms with van der Waals surface area (Å²) in [5.74, 6) is 0. The second-order valence-electron chi connectivity index (χ2n) is 2.60. The van der Waals surface area contributed by atoms with Crippen molar-refractivity contribution in [1.29, 1.82) is 0 Å². The number of aldehydes is 1. The first-order chi connectivity index (χ1) is 5.78. The van der Waals surface area contributed by atoms with E-state index in [0.717, 1.165) is 31.2 Å². The normalized spacial score (nSPS) is 13.2. The lowest BCUT2D eigenvalue weighted by atomic mass is 10.2. The predicted octanol–water partition coefficient (Wildman–Crippen LogP) is 2.74. The molecule has 0 aliphatic heterocycles. The minimum atomic E-state index is 0.660. The molecule has 0 rings (SSSR count). The van der Waals surface area contributed by atoms with Crippen LogP contribution in [0.2, 0.25) is 0 Å². The maximum Gasteiger partial charge on any atom is 0.164 e. The molecule has 0 aromatic heterocycles. The summed E-state index contributed by atoms with van der Waals surface area (Å²) in [4.78, 5) is 14.7. The summed E-state index contributed by atoms with van der Waals surface area (Å²) in [5, 5.41) is 0. The van der Waals surface area contributed by atoms with E-state index in [4.69, 9.17) is 0 Å². The van der Waals surface area contributed by atoms with Crippen molar-refractivity contribution in [3.8, 4) is 0 Å². The van der Waals surface area contributed by atoms with Gasteiger partial charge in [0.05, 0.1) is 5.71 Å². The number of carbonyl (C=O) groups is 1. The summed E-state index contributed by atoms with van der Waals surface area (Å²) in [7, 11) is 0. The number of hydrogen-bond acceptors (Lipinski definition) is 2. The number of carbonyl (C=O) groups excluding carboxylic acids is 1. The Balaban J connectivity index is 4.34. The van der Waals surface area contributed by atoms with E-state index in [1.54, 1.807) is 0 Å². The molecule has 0 heterocycles. The second-order valence-corrected chi connectivity index (χ2v) is 2.60. The average molecular weight is 167 g/mol. The van der Waals surface area contributed by atoms with Gasteiger partial charge in [0.15, 0.2) is 6.29 Å². The Kier molecular flexibility index (Phi) is 6.25. The fourth-order valence-corrected chi connectivity index (χ4v) is 0.930. The summed E-state index contributed by atoms with van der Waals surface area (Å²) in [6.45, 7) is 6.02. The van der Waals surface area contributed by atoms with Crippen LogP contribution in [0.25, 0.3) is 0 Å². The fraction of sp³-hybridized carbons (Fsp3) is 0.600. The third kappa shape index (κ3) is 4.06. The lowest BCUT2D eigenvalue weighted by Crippen LogP contribution is -1.99. The number of rotatable bonds is 5. The van der Waals surface area contributed by atoms with Crippen LogP contribution in [-0.4, -0.2) is 12.0 Å². The third-order valence-corrected chi connectivity index (χ3v) is 1.62. The van der Waals surface area contributed by atoms with Crippen molar-refractivity contribution in [2.45, 2.75) is 40.0 Å². The highest BCUT2D eigenvalue weighted by Gasteiger charge is 1.96. The minimum absolute atomic E-state index is 0.660. The van der Waals surface area contributed by atoms with Gasteiger partial charge in [-0.1, -0.05) is 26.3 Å². The highest BCUT2D eigenvalue weighted by atomic mass is 16.1. The van der Waals surface area contributed by atoms with Gasteiger partial charge in [-0.15, -0.1) is 0 Å². The molecule has 0 aliphatic carbocycles. The topological polar surface area (TPSA) is 29.4 Å². The molecule has 0 atom stereocenters. The summed E-state index contributed by atoms with van der Waals surface area (Å²) < 4.78 is 0. The Morgan fingerprint density at radius 2 is 2.08 bits per heavy atom. The van der Waals surface area contributed by atoms with E-state index in [9.17, 15) is 4.79 Å². The summed E-state index contributed by atoms with van der Waals surface area (Å²) in [6.07, 6.45) is 5.43. The third-order valence-electron chi connectivity index (χ3n) is 1.62. The minimum Gasteiger partial charge on any atom is -0.297 e. The molecule has 0 radical (unpaired) electrons. The van der Waals surface area contributed by atoms with Crippen LogP contribution in [0.5, 0.6) is 0 Å². The maximum absolute atomic E-state index is 10.5. The fourth-order valence-electron chi connectivity index (χ4n) is 0.930. The molecular weight excluding hydrogens is 150 g/mol. The van der Waals surface area contributed by atoms with E-state index >= 15 is 0 Å². The zero-order valence-electron chi connectivity index (χ0n) is 8.13. The monoisotopic (exact) mass is 167 g/mol. The van der Waals surface area contributed by atoms with Gasteiger partial charge in [-0.2, -0.15) is 0 Å². The Labute approximate surface area is 74.4 Å². The molecule has 0 aliphatic rings. The Morgan fingerprint density at radius 3 is 2.42 bits per heavy atom. The zero-order chi connectivity index (χ0) is 9.40. The van der Waals surface area contributed by atoms with Gasteiger partial charge in [0, 0.05) is 5.70 Å². The number of allylic oxidation sites excluding steroid dienone is 2. The van der Waals surface area contributed by atoms with Gasteiger partial charge >= 0.3 is 0 Å². The van der Waals surface area contributed by atoms with E-state index in [2.05, 4.69) is 4.99 Å². The first kappa shape index (κ1) is 11.1. The van der Waals surface area contributed by atoms with Crippen LogP contribution in [0, 0.1) is 0 Å². The molecule has 0 aromatic rings. The molecule has 0 spiro atoms. The molecule has 0 saturated heterocycles. The van der Waals surface area contributed by atoms with Crippen LogP contribution in [0.1, 0.15) is 40.0 Å². The quantitative estimate of drug-likeness (QED) is 0.457. The Morgan fingerprint density at radius 1 is 1.42 bits per heavy atom. The van der Waals surface area contributed by atoms with Crippen LogP contribution in [-0.2, 0) is 4.79 Å². The molecule has 12 heavy (non-hydrogen) atoms. The second kappa shape index (κ2) is 6.77. The zero-order valence-corrected chi connectivity index (χ0v) is 8.13. The molecule has 2 nitrogen and oxygen atoms in total. The van der Waals surface area contributed by atoms with Crippen LogP contribution in [0.4, 0.5) is 0 Å². The van der Waals surface area contributed by atoms with Crippen LogP contribution < -0.4 is 0 Å². The molecular formula is C10H17NO. The SMILES string of the molecule is C/C=C(CC)\N=C(\C=O)CCC. The standard InChI is InChI=1S/C10H17NO/c1-4-7-10(8-12)11-9(5-2)6-3/h5,8H,4,6-7H2,1-3H3/b9-5-,11-10+. The van der Waals surface area contributed by atoms with Crippen LogP contribution in [0.15, 0.2) is 16.8 Å². The van der Waals surface area contributed by atoms with Crippen molar-refractivity contribution in [2.24, 2.45) is 4.99 Å². The lowest BCUT2D eigenvalue weighted by molar-refractivity contribution is -0.102. The molecule has 0 N–H and O–H groups in total. The Bertz CT molecular complexity index is 192. The van der Waals surface area contributed by atoms with Gasteiger partial charge in [0.25, 0.3) is 0 Å². The summed E-state index contributed by atoms with van der Waals surface area (Å²) in [5.41, 5.74) is 1.65. The van der Waals surface area contributed by atoms with Gasteiger partial charge in [-0.25, -0.2) is 0 Å². The van der Waals surface area contributed by atoms with Gasteiger partial charge in [0.2, 0.25) is 0 Å². The molecule has 0 unspecified atom stereocenters. The summed E-state index contributed by atoms with van der Waals surface area (Å²) in [6, 6.07) is 0. The Hall–Kier alpha value is -0.920. The smallest absolute Gasteiger partial charge is 0.164 e. The largest absolute Gasteiger partial charge is 0.297 e. The summed E-state index contributed by atoms with van der Waals surface area (Å²) >= 11 is 0. The first-order valence-corrected chi connectivity index (χ1v) is 4.46. The van der Waals surface area contributed by atoms with Gasteiger partial charge in [0.1, 0.15) is 0 Å². The van der Waals surface area contributed by atoms with E-state index in [1.807, 2.05) is 26.8 Å². The number of nitrogens with zero attached hydrogens (tertiary/aromatic N) is 1. The van der Waals surface area contributed by atoms with Gasteiger partial charge < -0.3 is 0 Å². The molecule has 0 bridgehead atoms. The molecule has 0 amide bonds. The van der Waals surface area contributed by atoms with Gasteiger partial charge in [-0.3, -0.25) is 9.79 Å². The van der Waals surface area contributed by atoms with Crippen LogP contribution >= 0.6 is 0 Å².